The molecular formula is C16H11ClF3N5O. The van der Waals surface area contributed by atoms with Crippen LogP contribution in [-0.4, -0.2) is 20.1 Å². The van der Waals surface area contributed by atoms with Crippen LogP contribution in [0.5, 0.6) is 0 Å². The zero-order chi connectivity index (χ0) is 18.4. The Kier molecular flexibility index (Phi) is 3.83. The van der Waals surface area contributed by atoms with Crippen LogP contribution in [0.4, 0.5) is 19.1 Å². The maximum Gasteiger partial charge on any atom is 0.400 e. The quantitative estimate of drug-likeness (QED) is 0.672. The van der Waals surface area contributed by atoms with Crippen molar-refractivity contribution in [3.8, 4) is 11.4 Å². The molecule has 1 N–H and O–H groups in total. The summed E-state index contributed by atoms with van der Waals surface area (Å²) < 4.78 is 44.3. The average Bonchev–Trinajstić information content (AvgIpc) is 3.19. The van der Waals surface area contributed by atoms with Gasteiger partial charge in [0.1, 0.15) is 5.82 Å². The zero-order valence-electron chi connectivity index (χ0n) is 13.1. The summed E-state index contributed by atoms with van der Waals surface area (Å²) in [4.78, 5) is 11.8. The summed E-state index contributed by atoms with van der Waals surface area (Å²) in [5.41, 5.74) is 0.300. The number of benzene rings is 1. The minimum absolute atomic E-state index is 0.109. The fourth-order valence-electron chi connectivity index (χ4n) is 2.61. The molecule has 3 aromatic rings. The number of rotatable bonds is 5. The Hall–Kier alpha value is -2.68. The predicted molar refractivity (Wildman–Crippen MR) is 86.0 cm³/mol. The van der Waals surface area contributed by atoms with Crippen molar-refractivity contribution in [3.05, 3.63) is 53.9 Å². The Morgan fingerprint density at radius 3 is 2.42 bits per heavy atom. The molecule has 0 radical (unpaired) electrons. The first-order chi connectivity index (χ1) is 12.4. The molecule has 6 nitrogen and oxygen atoms in total. The average molecular weight is 382 g/mol. The van der Waals surface area contributed by atoms with E-state index in [1.165, 1.54) is 18.5 Å². The number of hydrogen-bond acceptors (Lipinski definition) is 6. The SMILES string of the molecule is Fc1ccccc1C1(Nc2ncc(-c3noc(C(F)(F)Cl)n3)cn2)CC1. The van der Waals surface area contributed by atoms with E-state index in [1.807, 2.05) is 0 Å². The van der Waals surface area contributed by atoms with Crippen LogP contribution in [0.25, 0.3) is 11.4 Å². The van der Waals surface area contributed by atoms with E-state index in [1.54, 1.807) is 18.2 Å². The number of anilines is 1. The third-order valence-corrected chi connectivity index (χ3v) is 4.23. The van der Waals surface area contributed by atoms with E-state index >= 15 is 0 Å². The Balaban J connectivity index is 1.54. The maximum atomic E-state index is 14.0. The van der Waals surface area contributed by atoms with E-state index in [0.717, 1.165) is 12.8 Å². The molecule has 0 unspecified atom stereocenters. The first-order valence-electron chi connectivity index (χ1n) is 7.64. The summed E-state index contributed by atoms with van der Waals surface area (Å²) in [6, 6.07) is 6.52. The zero-order valence-corrected chi connectivity index (χ0v) is 13.8. The third kappa shape index (κ3) is 3.10. The minimum atomic E-state index is -3.74. The summed E-state index contributed by atoms with van der Waals surface area (Å²) in [6.07, 6.45) is 4.21. The summed E-state index contributed by atoms with van der Waals surface area (Å²) in [7, 11) is 0. The normalized spacial score (nSPS) is 15.7. The molecule has 0 amide bonds. The lowest BCUT2D eigenvalue weighted by Gasteiger charge is -2.18. The standard InChI is InChI=1S/C16H11ClF3N5O/c17-16(19,20)13-23-12(25-26-13)9-7-21-14(22-8-9)24-15(5-6-15)10-3-1-2-4-11(10)18/h1-4,7-8H,5-6H2,(H,21,22,24). The molecule has 10 heteroatoms. The number of halogens is 4. The molecule has 1 saturated carbocycles. The molecule has 1 fully saturated rings. The highest BCUT2D eigenvalue weighted by molar-refractivity contribution is 6.21. The monoisotopic (exact) mass is 381 g/mol. The van der Waals surface area contributed by atoms with Crippen molar-refractivity contribution in [2.45, 2.75) is 23.8 Å². The second kappa shape index (κ2) is 5.94. The van der Waals surface area contributed by atoms with E-state index in [2.05, 4.69) is 29.9 Å². The Bertz CT molecular complexity index is 938. The molecule has 4 rings (SSSR count). The molecular weight excluding hydrogens is 371 g/mol. The molecule has 26 heavy (non-hydrogen) atoms. The lowest BCUT2D eigenvalue weighted by Crippen LogP contribution is -2.21. The van der Waals surface area contributed by atoms with Crippen molar-refractivity contribution < 1.29 is 17.7 Å². The van der Waals surface area contributed by atoms with Crippen LogP contribution >= 0.6 is 11.6 Å². The minimum Gasteiger partial charge on any atom is -0.345 e. The summed E-state index contributed by atoms with van der Waals surface area (Å²) in [6.45, 7) is 0. The number of hydrogen-bond donors (Lipinski definition) is 1. The molecule has 0 atom stereocenters. The maximum absolute atomic E-state index is 14.0. The van der Waals surface area contributed by atoms with E-state index < -0.39 is 16.8 Å². The molecule has 0 spiro atoms. The predicted octanol–water partition coefficient (Wildman–Crippen LogP) is 4.06. The number of aromatic nitrogens is 4. The van der Waals surface area contributed by atoms with E-state index in [0.29, 0.717) is 5.56 Å². The van der Waals surface area contributed by atoms with Crippen molar-refractivity contribution in [3.63, 3.8) is 0 Å². The van der Waals surface area contributed by atoms with Crippen LogP contribution < -0.4 is 5.32 Å². The lowest BCUT2D eigenvalue weighted by atomic mass is 10.0. The second-order valence-corrected chi connectivity index (χ2v) is 6.38. The van der Waals surface area contributed by atoms with Gasteiger partial charge in [-0.25, -0.2) is 14.4 Å². The van der Waals surface area contributed by atoms with Gasteiger partial charge in [0.15, 0.2) is 0 Å². The highest BCUT2D eigenvalue weighted by Crippen LogP contribution is 2.48. The first-order valence-corrected chi connectivity index (χ1v) is 8.02. The topological polar surface area (TPSA) is 76.7 Å². The van der Waals surface area contributed by atoms with Crippen molar-refractivity contribution in [1.82, 2.24) is 20.1 Å². The fraction of sp³-hybridized carbons (Fsp3) is 0.250. The second-order valence-electron chi connectivity index (χ2n) is 5.90. The van der Waals surface area contributed by atoms with Gasteiger partial charge in [-0.05, 0) is 30.5 Å². The molecule has 0 aliphatic heterocycles. The van der Waals surface area contributed by atoms with Gasteiger partial charge in [0.2, 0.25) is 11.8 Å². The van der Waals surface area contributed by atoms with Crippen molar-refractivity contribution in [2.75, 3.05) is 5.32 Å². The van der Waals surface area contributed by atoms with Crippen LogP contribution in [0.1, 0.15) is 24.3 Å². The van der Waals surface area contributed by atoms with Gasteiger partial charge in [-0.3, -0.25) is 0 Å². The van der Waals surface area contributed by atoms with E-state index in [9.17, 15) is 13.2 Å². The number of nitrogens with zero attached hydrogens (tertiary/aromatic N) is 4. The molecule has 2 heterocycles. The van der Waals surface area contributed by atoms with Crippen LogP contribution in [0.3, 0.4) is 0 Å². The Morgan fingerprint density at radius 1 is 1.15 bits per heavy atom. The van der Waals surface area contributed by atoms with Crippen LogP contribution in [0.2, 0.25) is 0 Å². The highest BCUT2D eigenvalue weighted by Gasteiger charge is 2.46. The molecule has 1 aromatic carbocycles. The van der Waals surface area contributed by atoms with Crippen molar-refractivity contribution >= 4 is 17.5 Å². The van der Waals surface area contributed by atoms with Crippen LogP contribution in [-0.2, 0) is 10.9 Å². The van der Waals surface area contributed by atoms with E-state index in [-0.39, 0.29) is 23.2 Å². The molecule has 0 saturated heterocycles. The molecule has 134 valence electrons. The van der Waals surface area contributed by atoms with Gasteiger partial charge < -0.3 is 9.84 Å². The summed E-state index contributed by atoms with van der Waals surface area (Å²) >= 11 is 4.83. The Labute approximate surface area is 150 Å². The van der Waals surface area contributed by atoms with Gasteiger partial charge in [-0.15, -0.1) is 0 Å². The number of nitrogens with one attached hydrogen (secondary N) is 1. The summed E-state index contributed by atoms with van der Waals surface area (Å²) in [5.74, 6) is -1.13. The van der Waals surface area contributed by atoms with Gasteiger partial charge in [0.05, 0.1) is 11.1 Å². The number of alkyl halides is 3. The fourth-order valence-corrected chi connectivity index (χ4v) is 2.69. The third-order valence-electron chi connectivity index (χ3n) is 4.07. The van der Waals surface area contributed by atoms with Gasteiger partial charge >= 0.3 is 11.3 Å². The molecule has 2 aromatic heterocycles. The largest absolute Gasteiger partial charge is 0.400 e. The summed E-state index contributed by atoms with van der Waals surface area (Å²) in [5, 5.41) is 2.81. The van der Waals surface area contributed by atoms with Gasteiger partial charge in [0.25, 0.3) is 0 Å². The van der Waals surface area contributed by atoms with Crippen LogP contribution in [0.15, 0.2) is 41.2 Å². The molecule has 0 bridgehead atoms. The van der Waals surface area contributed by atoms with Crippen molar-refractivity contribution in [1.29, 1.82) is 0 Å². The lowest BCUT2D eigenvalue weighted by molar-refractivity contribution is 0.0551. The van der Waals surface area contributed by atoms with Crippen molar-refractivity contribution in [2.24, 2.45) is 0 Å². The van der Waals surface area contributed by atoms with Gasteiger partial charge in [-0.1, -0.05) is 23.4 Å². The highest BCUT2D eigenvalue weighted by atomic mass is 35.5. The Morgan fingerprint density at radius 2 is 1.85 bits per heavy atom. The van der Waals surface area contributed by atoms with E-state index in [4.69, 9.17) is 11.6 Å². The smallest absolute Gasteiger partial charge is 0.345 e. The van der Waals surface area contributed by atoms with Gasteiger partial charge in [0, 0.05) is 18.0 Å². The molecule has 1 aliphatic rings. The van der Waals surface area contributed by atoms with Crippen LogP contribution in [0, 0.1) is 5.82 Å². The van der Waals surface area contributed by atoms with Gasteiger partial charge in [-0.2, -0.15) is 13.8 Å². The first kappa shape index (κ1) is 16.8. The molecule has 1 aliphatic carbocycles.